The van der Waals surface area contributed by atoms with Crippen molar-refractivity contribution in [2.45, 2.75) is 138 Å². The molecular weight excluding hydrogens is 1010 g/mol. The number of ether oxygens (including phenoxy) is 2. The van der Waals surface area contributed by atoms with Crippen molar-refractivity contribution in [2.75, 3.05) is 9.80 Å². The van der Waals surface area contributed by atoms with Gasteiger partial charge in [0, 0.05) is 54.5 Å². The van der Waals surface area contributed by atoms with E-state index in [9.17, 15) is 0 Å². The van der Waals surface area contributed by atoms with Gasteiger partial charge in [-0.25, -0.2) is 0 Å². The van der Waals surface area contributed by atoms with Crippen LogP contribution in [0.3, 0.4) is 0 Å². The van der Waals surface area contributed by atoms with Gasteiger partial charge in [0.15, 0.2) is 0 Å². The Morgan fingerprint density at radius 1 is 0.300 bits per heavy atom. The lowest BCUT2D eigenvalue weighted by Crippen LogP contribution is -2.62. The average molecular weight is 1080 g/mol. The van der Waals surface area contributed by atoms with Gasteiger partial charge in [0.2, 0.25) is 0 Å². The molecule has 0 atom stereocenters. The molecule has 0 saturated carbocycles. The molecule has 0 radical (unpaired) electrons. The first-order valence-corrected chi connectivity index (χ1v) is 30.1. The van der Waals surface area contributed by atoms with Crippen LogP contribution in [0.25, 0.3) is 0 Å². The maximum Gasteiger partial charge on any atom is 0.253 e. The van der Waals surface area contributed by atoms with E-state index in [4.69, 9.17) is 9.47 Å². The summed E-state index contributed by atoms with van der Waals surface area (Å²) in [5.74, 6) is 3.66. The van der Waals surface area contributed by atoms with Crippen LogP contribution >= 0.6 is 23.5 Å². The molecule has 398 valence electrons. The zero-order chi connectivity index (χ0) is 55.9. The summed E-state index contributed by atoms with van der Waals surface area (Å²) in [4.78, 5) is 9.80. The Morgan fingerprint density at radius 2 is 0.613 bits per heavy atom. The smallest absolute Gasteiger partial charge is 0.253 e. The topological polar surface area (TPSA) is 24.9 Å². The van der Waals surface area contributed by atoms with Crippen LogP contribution in [0.5, 0.6) is 23.0 Å². The second-order valence-electron chi connectivity index (χ2n) is 26.9. The third-order valence-corrected chi connectivity index (χ3v) is 19.1. The Morgan fingerprint density at radius 3 is 0.912 bits per heavy atom. The van der Waals surface area contributed by atoms with Crippen LogP contribution in [-0.2, 0) is 21.7 Å². The molecule has 0 aromatic heterocycles. The van der Waals surface area contributed by atoms with E-state index in [0.717, 1.165) is 57.1 Å². The van der Waals surface area contributed by atoms with Crippen molar-refractivity contribution in [1.29, 1.82) is 0 Å². The van der Waals surface area contributed by atoms with Crippen LogP contribution in [0, 0.1) is 13.8 Å². The molecule has 8 heteroatoms. The van der Waals surface area contributed by atoms with Crippen LogP contribution in [-0.4, -0.2) is 13.4 Å². The third kappa shape index (κ3) is 9.15. The number of benzene rings is 9. The van der Waals surface area contributed by atoms with Gasteiger partial charge in [-0.3, -0.25) is 0 Å². The van der Waals surface area contributed by atoms with Gasteiger partial charge in [-0.1, -0.05) is 196 Å². The first-order chi connectivity index (χ1) is 37.9. The second-order valence-corrected chi connectivity index (χ2v) is 29.0. The van der Waals surface area contributed by atoms with Crippen LogP contribution in [0.15, 0.2) is 189 Å². The van der Waals surface area contributed by atoms with Crippen molar-refractivity contribution in [3.05, 3.63) is 203 Å². The van der Waals surface area contributed by atoms with Crippen LogP contribution in [0.2, 0.25) is 0 Å². The van der Waals surface area contributed by atoms with E-state index in [0.29, 0.717) is 0 Å². The predicted molar refractivity (Wildman–Crippen MR) is 344 cm³/mol. The normalized spacial score (nSPS) is 13.9. The number of fused-ring (bicyclic) bond motifs is 8. The Bertz CT molecular complexity index is 3580. The van der Waals surface area contributed by atoms with Gasteiger partial charge in [-0.15, -0.1) is 0 Å². The molecule has 0 amide bonds. The number of aryl methyl sites for hydroxylation is 2. The van der Waals surface area contributed by atoms with Gasteiger partial charge in [0.25, 0.3) is 13.4 Å². The van der Waals surface area contributed by atoms with Crippen molar-refractivity contribution < 1.29 is 9.47 Å². The van der Waals surface area contributed by atoms with Gasteiger partial charge in [0.1, 0.15) is 23.0 Å². The zero-order valence-electron chi connectivity index (χ0n) is 48.8. The van der Waals surface area contributed by atoms with Crippen LogP contribution in [0.4, 0.5) is 34.1 Å². The summed E-state index contributed by atoms with van der Waals surface area (Å²) in [7, 11) is 0. The Kier molecular flexibility index (Phi) is 12.3. The molecule has 80 heavy (non-hydrogen) atoms. The molecule has 0 aliphatic carbocycles. The highest BCUT2D eigenvalue weighted by Crippen LogP contribution is 2.48. The maximum absolute atomic E-state index is 7.17. The van der Waals surface area contributed by atoms with Crippen LogP contribution < -0.4 is 52.1 Å². The minimum Gasteiger partial charge on any atom is -0.458 e. The molecule has 4 heterocycles. The van der Waals surface area contributed by atoms with E-state index in [2.05, 4.69) is 277 Å². The monoisotopic (exact) mass is 1080 g/mol. The average Bonchev–Trinajstić information content (AvgIpc) is 3.56. The molecule has 4 nitrogen and oxygen atoms in total. The summed E-state index contributed by atoms with van der Waals surface area (Å²) in [5.41, 5.74) is 21.8. The largest absolute Gasteiger partial charge is 0.458 e. The molecule has 4 aliphatic heterocycles. The molecule has 0 spiro atoms. The molecule has 4 aliphatic rings. The molecule has 9 aromatic carbocycles. The number of hydrogen-bond acceptors (Lipinski definition) is 6. The molecule has 0 saturated heterocycles. The minimum atomic E-state index is -0.0287. The van der Waals surface area contributed by atoms with Crippen molar-refractivity contribution >= 4 is 104 Å². The molecule has 9 aromatic rings. The lowest BCUT2D eigenvalue weighted by molar-refractivity contribution is 0.486. The first-order valence-electron chi connectivity index (χ1n) is 28.4. The minimum absolute atomic E-state index is 0.0287. The summed E-state index contributed by atoms with van der Waals surface area (Å²) >= 11 is 3.77. The number of hydrogen-bond donors (Lipinski definition) is 0. The summed E-state index contributed by atoms with van der Waals surface area (Å²) in [6.07, 6.45) is 0. The standard InChI is InChI=1S/C72H70B2N2O2S2/c1-43-15-33-55-59(35-43)77-61-37-53(75(49-25-17-45(18-26-49)69(3,4)5)50-27-19-46(20-28-50)70(6,7)8)39-65-67(61)73(55)57-41-58-64(42-63(57)79-65)80-66-40-54(38-62-68(66)74(58)56-34-16-44(2)36-60(56)78-62)76(51-29-21-47(22-30-51)71(9,10)11)52-31-23-48(24-32-52)72(12,13)14/h15-42H,1-14H3. The number of rotatable bonds is 6. The van der Waals surface area contributed by atoms with Crippen molar-refractivity contribution in [2.24, 2.45) is 0 Å². The van der Waals surface area contributed by atoms with Crippen molar-refractivity contribution in [3.8, 4) is 23.0 Å². The fourth-order valence-corrected chi connectivity index (χ4v) is 14.8. The Balaban J connectivity index is 0.978. The summed E-state index contributed by atoms with van der Waals surface area (Å²) in [5, 5.41) is 0. The molecule has 0 bridgehead atoms. The van der Waals surface area contributed by atoms with E-state index in [1.54, 1.807) is 0 Å². The van der Waals surface area contributed by atoms with E-state index in [-0.39, 0.29) is 35.1 Å². The van der Waals surface area contributed by atoms with E-state index in [1.165, 1.54) is 85.7 Å². The molecular formula is C72H70B2N2O2S2. The van der Waals surface area contributed by atoms with Crippen molar-refractivity contribution in [3.63, 3.8) is 0 Å². The molecule has 13 rings (SSSR count). The van der Waals surface area contributed by atoms with E-state index < -0.39 is 0 Å². The predicted octanol–water partition coefficient (Wildman–Crippen LogP) is 16.6. The van der Waals surface area contributed by atoms with E-state index >= 15 is 0 Å². The van der Waals surface area contributed by atoms with Gasteiger partial charge in [-0.2, -0.15) is 0 Å². The molecule has 0 unspecified atom stereocenters. The fourth-order valence-electron chi connectivity index (χ4n) is 12.3. The lowest BCUT2D eigenvalue weighted by atomic mass is 9.32. The van der Waals surface area contributed by atoms with Crippen LogP contribution in [0.1, 0.15) is 116 Å². The quantitative estimate of drug-likeness (QED) is 0.154. The van der Waals surface area contributed by atoms with Gasteiger partial charge in [-0.05, 0) is 170 Å². The highest BCUT2D eigenvalue weighted by atomic mass is 32.2. The van der Waals surface area contributed by atoms with Gasteiger partial charge >= 0.3 is 0 Å². The van der Waals surface area contributed by atoms with Crippen molar-refractivity contribution in [1.82, 2.24) is 0 Å². The summed E-state index contributed by atoms with van der Waals surface area (Å²) in [6, 6.07) is 64.7. The SMILES string of the molecule is Cc1ccc2c(c1)Oc1cc(N(c3ccc(C(C)(C)C)cc3)c3ccc(C(C)(C)C)cc3)cc3c1B2c1cc2c(cc1S3)Sc1cc(N(c3ccc(C(C)(C)C)cc3)c3ccc(C(C)(C)C)cc3)cc3c1B2c1ccc(C)cc1O3. The molecule has 0 fully saturated rings. The van der Waals surface area contributed by atoms with E-state index in [1.807, 2.05) is 23.5 Å². The highest BCUT2D eigenvalue weighted by Gasteiger charge is 2.45. The third-order valence-electron chi connectivity index (χ3n) is 16.8. The lowest BCUT2D eigenvalue weighted by Gasteiger charge is -2.38. The second kappa shape index (κ2) is 18.8. The maximum atomic E-state index is 7.17. The Hall–Kier alpha value is -6.99. The number of nitrogens with zero attached hydrogens (tertiary/aromatic N) is 2. The first kappa shape index (κ1) is 52.4. The summed E-state index contributed by atoms with van der Waals surface area (Å²) < 4.78 is 14.3. The molecule has 0 N–H and O–H groups in total. The fraction of sp³-hybridized carbons (Fsp3) is 0.250. The van der Waals surface area contributed by atoms with Gasteiger partial charge < -0.3 is 19.3 Å². The number of anilines is 6. The Labute approximate surface area is 484 Å². The highest BCUT2D eigenvalue weighted by molar-refractivity contribution is 8.01. The van der Waals surface area contributed by atoms with Gasteiger partial charge in [0.05, 0.1) is 11.4 Å². The zero-order valence-corrected chi connectivity index (χ0v) is 50.5. The summed E-state index contributed by atoms with van der Waals surface area (Å²) in [6.45, 7) is 31.6.